The second-order valence-electron chi connectivity index (χ2n) is 3.75. The molecule has 0 fully saturated rings. The number of benzene rings is 1. The molecule has 0 radical (unpaired) electrons. The average Bonchev–Trinajstić information content (AvgIpc) is 2.35. The van der Waals surface area contributed by atoms with E-state index in [0.717, 1.165) is 13.2 Å². The van der Waals surface area contributed by atoms with Gasteiger partial charge in [-0.15, -0.1) is 0 Å². The van der Waals surface area contributed by atoms with Gasteiger partial charge in [-0.05, 0) is 6.07 Å². The van der Waals surface area contributed by atoms with Crippen LogP contribution in [0.1, 0.15) is 5.56 Å². The van der Waals surface area contributed by atoms with Crippen molar-refractivity contribution in [3.8, 4) is 5.75 Å². The highest BCUT2D eigenvalue weighted by Crippen LogP contribution is 2.37. The summed E-state index contributed by atoms with van der Waals surface area (Å²) < 4.78 is 56.1. The zero-order valence-electron chi connectivity index (χ0n) is 9.96. The van der Waals surface area contributed by atoms with Gasteiger partial charge in [-0.25, -0.2) is 4.39 Å². The minimum Gasteiger partial charge on any atom is -0.497 e. The first-order valence-corrected chi connectivity index (χ1v) is 5.27. The van der Waals surface area contributed by atoms with E-state index in [0.29, 0.717) is 6.07 Å². The topological polar surface area (TPSA) is 61.7 Å². The van der Waals surface area contributed by atoms with Crippen LogP contribution in [0.4, 0.5) is 23.2 Å². The number of rotatable bonds is 5. The van der Waals surface area contributed by atoms with Crippen LogP contribution in [0.3, 0.4) is 0 Å². The lowest BCUT2D eigenvalue weighted by Crippen LogP contribution is -2.24. The van der Waals surface area contributed by atoms with E-state index in [-0.39, 0.29) is 12.3 Å². The van der Waals surface area contributed by atoms with Crippen molar-refractivity contribution in [3.63, 3.8) is 0 Å². The number of anilines is 1. The fraction of sp³-hybridized carbons (Fsp3) is 0.455. The van der Waals surface area contributed by atoms with E-state index in [1.165, 1.54) is 0 Å². The molecule has 1 aromatic carbocycles. The maximum atomic E-state index is 13.7. The first kappa shape index (κ1) is 15.5. The van der Waals surface area contributed by atoms with Gasteiger partial charge in [0.05, 0.1) is 31.1 Å². The van der Waals surface area contributed by atoms with E-state index in [2.05, 4.69) is 10.1 Å². The van der Waals surface area contributed by atoms with Crippen LogP contribution in [0.25, 0.3) is 0 Å². The molecule has 19 heavy (non-hydrogen) atoms. The van der Waals surface area contributed by atoms with Crippen molar-refractivity contribution in [2.75, 3.05) is 25.6 Å². The fourth-order valence-electron chi connectivity index (χ4n) is 1.34. The molecule has 0 aliphatic carbocycles. The van der Waals surface area contributed by atoms with Crippen molar-refractivity contribution in [3.05, 3.63) is 23.5 Å². The number of alkyl halides is 3. The van der Waals surface area contributed by atoms with Gasteiger partial charge in [-0.2, -0.15) is 13.2 Å². The Morgan fingerprint density at radius 2 is 2.00 bits per heavy atom. The van der Waals surface area contributed by atoms with Gasteiger partial charge < -0.3 is 20.3 Å². The highest BCUT2D eigenvalue weighted by atomic mass is 19.4. The highest BCUT2D eigenvalue weighted by molar-refractivity contribution is 5.53. The minimum absolute atomic E-state index is 0.172. The summed E-state index contributed by atoms with van der Waals surface area (Å²) in [6, 6.07) is 1.58. The van der Waals surface area contributed by atoms with Crippen LogP contribution in [0.2, 0.25) is 0 Å². The Hall–Kier alpha value is -1.54. The van der Waals surface area contributed by atoms with Crippen LogP contribution in [-0.4, -0.2) is 36.6 Å². The number of aliphatic hydroxyl groups excluding tert-OH is 2. The van der Waals surface area contributed by atoms with Gasteiger partial charge in [0.25, 0.3) is 0 Å². The van der Waals surface area contributed by atoms with Gasteiger partial charge in [0, 0.05) is 12.6 Å². The van der Waals surface area contributed by atoms with Gasteiger partial charge in [0.2, 0.25) is 0 Å². The Morgan fingerprint density at radius 1 is 1.37 bits per heavy atom. The van der Waals surface area contributed by atoms with Crippen LogP contribution in [-0.2, 0) is 6.18 Å². The number of halogens is 4. The highest BCUT2D eigenvalue weighted by Gasteiger charge is 2.36. The molecule has 0 aliphatic rings. The van der Waals surface area contributed by atoms with E-state index in [1.807, 2.05) is 0 Å². The van der Waals surface area contributed by atoms with Crippen molar-refractivity contribution in [1.29, 1.82) is 0 Å². The first-order valence-electron chi connectivity index (χ1n) is 5.27. The fourth-order valence-corrected chi connectivity index (χ4v) is 1.34. The Morgan fingerprint density at radius 3 is 2.47 bits per heavy atom. The molecular weight excluding hydrogens is 270 g/mol. The number of hydrogen-bond donors (Lipinski definition) is 3. The molecule has 3 N–H and O–H groups in total. The molecule has 0 saturated heterocycles. The molecule has 0 amide bonds. The average molecular weight is 283 g/mol. The Bertz CT molecular complexity index is 437. The van der Waals surface area contributed by atoms with Crippen LogP contribution in [0.15, 0.2) is 12.1 Å². The van der Waals surface area contributed by atoms with E-state index in [4.69, 9.17) is 10.2 Å². The number of methoxy groups -OCH3 is 1. The third kappa shape index (κ3) is 3.97. The third-order valence-electron chi connectivity index (χ3n) is 2.33. The first-order chi connectivity index (χ1) is 8.79. The van der Waals surface area contributed by atoms with E-state index in [9.17, 15) is 17.6 Å². The van der Waals surface area contributed by atoms with E-state index < -0.39 is 36.0 Å². The molecule has 1 aromatic rings. The molecule has 4 nitrogen and oxygen atoms in total. The van der Waals surface area contributed by atoms with Gasteiger partial charge in [0.1, 0.15) is 5.75 Å². The van der Waals surface area contributed by atoms with Crippen LogP contribution >= 0.6 is 0 Å². The van der Waals surface area contributed by atoms with E-state index >= 15 is 0 Å². The summed E-state index contributed by atoms with van der Waals surface area (Å²) in [6.07, 6.45) is -6.06. The summed E-state index contributed by atoms with van der Waals surface area (Å²) in [5.74, 6) is -1.66. The monoisotopic (exact) mass is 283 g/mol. The molecule has 0 heterocycles. The third-order valence-corrected chi connectivity index (χ3v) is 2.33. The number of ether oxygens (including phenoxy) is 1. The van der Waals surface area contributed by atoms with Gasteiger partial charge >= 0.3 is 6.18 Å². The predicted molar refractivity (Wildman–Crippen MR) is 59.5 cm³/mol. The van der Waals surface area contributed by atoms with Crippen molar-refractivity contribution in [1.82, 2.24) is 0 Å². The number of nitrogens with one attached hydrogen (secondary N) is 1. The normalized spacial score (nSPS) is 13.2. The standard InChI is InChI=1S/C11H13F4NO3/c1-19-7-2-8(11(13,14)15)10(12)9(3-7)16-4-6(18)5-17/h2-3,6,16-18H,4-5H2,1H3. The summed E-state index contributed by atoms with van der Waals surface area (Å²) in [6.45, 7) is -0.886. The van der Waals surface area contributed by atoms with Crippen molar-refractivity contribution >= 4 is 5.69 Å². The van der Waals surface area contributed by atoms with Crippen LogP contribution < -0.4 is 10.1 Å². The molecule has 0 saturated carbocycles. The Balaban J connectivity index is 3.09. The molecule has 1 rings (SSSR count). The Kier molecular flexibility index (Phi) is 4.96. The van der Waals surface area contributed by atoms with Crippen molar-refractivity contribution < 1.29 is 32.5 Å². The molecular formula is C11H13F4NO3. The quantitative estimate of drug-likeness (QED) is 0.719. The maximum Gasteiger partial charge on any atom is 0.419 e. The molecule has 0 aromatic heterocycles. The molecule has 0 aliphatic heterocycles. The van der Waals surface area contributed by atoms with Gasteiger partial charge in [0.15, 0.2) is 5.82 Å². The number of hydrogen-bond acceptors (Lipinski definition) is 4. The summed E-state index contributed by atoms with van der Waals surface area (Å²) in [4.78, 5) is 0. The second-order valence-corrected chi connectivity index (χ2v) is 3.75. The summed E-state index contributed by atoms with van der Waals surface area (Å²) in [5, 5.41) is 19.9. The molecule has 0 bridgehead atoms. The SMILES string of the molecule is COc1cc(NCC(O)CO)c(F)c(C(F)(F)F)c1. The lowest BCUT2D eigenvalue weighted by Gasteiger charge is -2.16. The smallest absolute Gasteiger partial charge is 0.419 e. The molecule has 1 atom stereocenters. The van der Waals surface area contributed by atoms with Gasteiger partial charge in [-0.1, -0.05) is 0 Å². The molecule has 108 valence electrons. The summed E-state index contributed by atoms with van der Waals surface area (Å²) >= 11 is 0. The Labute approximate surface area is 106 Å². The summed E-state index contributed by atoms with van der Waals surface area (Å²) in [7, 11) is 1.15. The minimum atomic E-state index is -4.86. The van der Waals surface area contributed by atoms with Crippen molar-refractivity contribution in [2.45, 2.75) is 12.3 Å². The zero-order valence-corrected chi connectivity index (χ0v) is 9.96. The largest absolute Gasteiger partial charge is 0.497 e. The van der Waals surface area contributed by atoms with Crippen LogP contribution in [0.5, 0.6) is 5.75 Å². The van der Waals surface area contributed by atoms with E-state index in [1.54, 1.807) is 0 Å². The molecule has 0 spiro atoms. The number of aliphatic hydroxyl groups is 2. The van der Waals surface area contributed by atoms with Gasteiger partial charge in [-0.3, -0.25) is 0 Å². The lowest BCUT2D eigenvalue weighted by molar-refractivity contribution is -0.140. The van der Waals surface area contributed by atoms with Crippen LogP contribution in [0, 0.1) is 5.82 Å². The second kappa shape index (κ2) is 6.07. The maximum absolute atomic E-state index is 13.7. The zero-order chi connectivity index (χ0) is 14.6. The van der Waals surface area contributed by atoms with Crippen molar-refractivity contribution in [2.24, 2.45) is 0 Å². The molecule has 8 heteroatoms. The predicted octanol–water partition coefficient (Wildman–Crippen LogP) is 1.62. The molecule has 1 unspecified atom stereocenters. The lowest BCUT2D eigenvalue weighted by atomic mass is 10.1. The summed E-state index contributed by atoms with van der Waals surface area (Å²) in [5.41, 5.74) is -1.92.